The summed E-state index contributed by atoms with van der Waals surface area (Å²) < 4.78 is 1.67. The molecule has 2 aliphatic heterocycles. The molecule has 0 unspecified atom stereocenters. The van der Waals surface area contributed by atoms with Crippen molar-refractivity contribution in [1.82, 2.24) is 29.5 Å². The summed E-state index contributed by atoms with van der Waals surface area (Å²) in [7, 11) is 0. The first kappa shape index (κ1) is 19.2. The molecule has 1 saturated carbocycles. The molecule has 3 aliphatic rings. The summed E-state index contributed by atoms with van der Waals surface area (Å²) in [6.45, 7) is 6.60. The van der Waals surface area contributed by atoms with E-state index < -0.39 is 0 Å². The molecule has 5 rings (SSSR count). The fourth-order valence-corrected chi connectivity index (χ4v) is 5.03. The number of thioether (sulfide) groups is 1. The predicted molar refractivity (Wildman–Crippen MR) is 114 cm³/mol. The van der Waals surface area contributed by atoms with Crippen LogP contribution in [0.4, 0.5) is 0 Å². The molecule has 0 aromatic carbocycles. The van der Waals surface area contributed by atoms with Crippen molar-refractivity contribution in [3.8, 4) is 0 Å². The lowest BCUT2D eigenvalue weighted by molar-refractivity contribution is 0.122. The molecule has 2 aromatic rings. The van der Waals surface area contributed by atoms with Gasteiger partial charge >= 0.3 is 0 Å². The van der Waals surface area contributed by atoms with E-state index in [1.54, 1.807) is 10.7 Å². The Morgan fingerprint density at radius 1 is 1.03 bits per heavy atom. The Kier molecular flexibility index (Phi) is 5.65. The van der Waals surface area contributed by atoms with E-state index in [1.165, 1.54) is 18.4 Å². The highest BCUT2D eigenvalue weighted by atomic mass is 32.2. The normalized spacial score (nSPS) is 20.6. The van der Waals surface area contributed by atoms with E-state index >= 15 is 0 Å². The summed E-state index contributed by atoms with van der Waals surface area (Å²) in [5.74, 6) is 3.66. The highest BCUT2D eigenvalue weighted by Crippen LogP contribution is 2.37. The van der Waals surface area contributed by atoms with Crippen molar-refractivity contribution < 1.29 is 0 Å². The fourth-order valence-electron chi connectivity index (χ4n) is 4.08. The molecule has 4 heterocycles. The van der Waals surface area contributed by atoms with Crippen molar-refractivity contribution in [3.63, 3.8) is 0 Å². The van der Waals surface area contributed by atoms with E-state index in [-0.39, 0.29) is 5.56 Å². The van der Waals surface area contributed by atoms with E-state index in [0.29, 0.717) is 12.5 Å². The molecule has 0 radical (unpaired) electrons. The van der Waals surface area contributed by atoms with Crippen LogP contribution in [0.1, 0.15) is 41.4 Å². The van der Waals surface area contributed by atoms with Gasteiger partial charge in [0.15, 0.2) is 0 Å². The maximum Gasteiger partial charge on any atom is 0.267 e. The third-order valence-corrected chi connectivity index (χ3v) is 7.08. The van der Waals surface area contributed by atoms with Crippen LogP contribution in [0.15, 0.2) is 23.3 Å². The third kappa shape index (κ3) is 4.70. The summed E-state index contributed by atoms with van der Waals surface area (Å²) in [4.78, 5) is 26.3. The molecule has 2 fully saturated rings. The van der Waals surface area contributed by atoms with Crippen molar-refractivity contribution in [2.45, 2.75) is 44.0 Å². The van der Waals surface area contributed by atoms with Crippen LogP contribution in [0.25, 0.3) is 0 Å². The SMILES string of the molecule is O=c1cc2c(nn1CCN1CCN(Cc3cnc(C4CC4)nc3)CC1)CCSC2. The highest BCUT2D eigenvalue weighted by molar-refractivity contribution is 7.98. The van der Waals surface area contributed by atoms with Crippen LogP contribution < -0.4 is 5.56 Å². The first-order valence-electron chi connectivity index (χ1n) is 10.7. The lowest BCUT2D eigenvalue weighted by atomic mass is 10.2. The maximum atomic E-state index is 12.3. The second-order valence-corrected chi connectivity index (χ2v) is 9.43. The Labute approximate surface area is 175 Å². The zero-order valence-corrected chi connectivity index (χ0v) is 17.6. The fraction of sp³-hybridized carbons (Fsp3) is 0.619. The number of fused-ring (bicyclic) bond motifs is 1. The molecule has 2 aromatic heterocycles. The topological polar surface area (TPSA) is 67.2 Å². The monoisotopic (exact) mass is 412 g/mol. The molecule has 1 aliphatic carbocycles. The zero-order valence-electron chi connectivity index (χ0n) is 16.8. The van der Waals surface area contributed by atoms with Crippen molar-refractivity contribution in [1.29, 1.82) is 0 Å². The van der Waals surface area contributed by atoms with Gasteiger partial charge in [-0.15, -0.1) is 0 Å². The molecule has 0 bridgehead atoms. The second kappa shape index (κ2) is 8.53. The number of hydrogen-bond acceptors (Lipinski definition) is 7. The van der Waals surface area contributed by atoms with Crippen LogP contribution in [0, 0.1) is 0 Å². The van der Waals surface area contributed by atoms with Gasteiger partial charge in [-0.25, -0.2) is 14.6 Å². The number of rotatable bonds is 6. The van der Waals surface area contributed by atoms with Gasteiger partial charge in [-0.3, -0.25) is 14.6 Å². The van der Waals surface area contributed by atoms with E-state index in [0.717, 1.165) is 74.3 Å². The quantitative estimate of drug-likeness (QED) is 0.713. The van der Waals surface area contributed by atoms with Crippen LogP contribution in [0.5, 0.6) is 0 Å². The first-order chi connectivity index (χ1) is 14.2. The standard InChI is InChI=1S/C21H28N6OS/c28-20-11-18-15-29-10-3-19(18)24-27(20)9-8-25-4-6-26(7-5-25)14-16-12-22-21(23-13-16)17-1-2-17/h11-13,17H,1-10,14-15H2. The van der Waals surface area contributed by atoms with Crippen molar-refractivity contribution in [2.24, 2.45) is 0 Å². The van der Waals surface area contributed by atoms with Gasteiger partial charge in [0, 0.05) is 81.4 Å². The number of aryl methyl sites for hydroxylation is 1. The molecule has 7 nitrogen and oxygen atoms in total. The molecule has 8 heteroatoms. The van der Waals surface area contributed by atoms with E-state index in [9.17, 15) is 4.79 Å². The molecule has 29 heavy (non-hydrogen) atoms. The highest BCUT2D eigenvalue weighted by Gasteiger charge is 2.26. The van der Waals surface area contributed by atoms with Crippen molar-refractivity contribution >= 4 is 11.8 Å². The minimum Gasteiger partial charge on any atom is -0.299 e. The zero-order chi connectivity index (χ0) is 19.6. The van der Waals surface area contributed by atoms with Crippen LogP contribution >= 0.6 is 11.8 Å². The Morgan fingerprint density at radius 3 is 2.55 bits per heavy atom. The Bertz CT molecular complexity index is 902. The van der Waals surface area contributed by atoms with Gasteiger partial charge in [0.2, 0.25) is 0 Å². The Hall–Kier alpha value is -1.77. The summed E-state index contributed by atoms with van der Waals surface area (Å²) in [5, 5.41) is 4.63. The minimum absolute atomic E-state index is 0.0412. The van der Waals surface area contributed by atoms with Crippen molar-refractivity contribution in [2.75, 3.05) is 38.5 Å². The van der Waals surface area contributed by atoms with Gasteiger partial charge in [-0.2, -0.15) is 16.9 Å². The van der Waals surface area contributed by atoms with Crippen LogP contribution in [0.2, 0.25) is 0 Å². The third-order valence-electron chi connectivity index (χ3n) is 6.07. The van der Waals surface area contributed by atoms with Gasteiger partial charge in [0.05, 0.1) is 12.2 Å². The van der Waals surface area contributed by atoms with Gasteiger partial charge in [0.25, 0.3) is 5.56 Å². The van der Waals surface area contributed by atoms with Gasteiger partial charge in [-0.05, 0) is 24.2 Å². The molecule has 0 N–H and O–H groups in total. The maximum absolute atomic E-state index is 12.3. The van der Waals surface area contributed by atoms with Crippen LogP contribution in [0.3, 0.4) is 0 Å². The van der Waals surface area contributed by atoms with E-state index in [2.05, 4.69) is 24.9 Å². The average Bonchev–Trinajstić information content (AvgIpc) is 3.59. The summed E-state index contributed by atoms with van der Waals surface area (Å²) >= 11 is 1.88. The molecule has 1 saturated heterocycles. The van der Waals surface area contributed by atoms with Crippen LogP contribution in [-0.4, -0.2) is 68.0 Å². The minimum atomic E-state index is 0.0412. The number of piperazine rings is 1. The number of nitrogens with zero attached hydrogens (tertiary/aromatic N) is 6. The Balaban J connectivity index is 1.10. The molecule has 0 atom stereocenters. The largest absolute Gasteiger partial charge is 0.299 e. The van der Waals surface area contributed by atoms with Gasteiger partial charge in [0.1, 0.15) is 5.82 Å². The lowest BCUT2D eigenvalue weighted by Crippen LogP contribution is -2.47. The summed E-state index contributed by atoms with van der Waals surface area (Å²) in [6.07, 6.45) is 7.46. The predicted octanol–water partition coefficient (Wildman–Crippen LogP) is 1.52. The number of hydrogen-bond donors (Lipinski definition) is 0. The molecule has 0 spiro atoms. The molecule has 154 valence electrons. The van der Waals surface area contributed by atoms with E-state index in [1.807, 2.05) is 24.2 Å². The Morgan fingerprint density at radius 2 is 1.79 bits per heavy atom. The first-order valence-corrected chi connectivity index (χ1v) is 11.8. The smallest absolute Gasteiger partial charge is 0.267 e. The molecule has 0 amide bonds. The average molecular weight is 413 g/mol. The van der Waals surface area contributed by atoms with Gasteiger partial charge < -0.3 is 0 Å². The van der Waals surface area contributed by atoms with E-state index in [4.69, 9.17) is 0 Å². The molecular weight excluding hydrogens is 384 g/mol. The summed E-state index contributed by atoms with van der Waals surface area (Å²) in [6, 6.07) is 1.79. The van der Waals surface area contributed by atoms with Gasteiger partial charge in [-0.1, -0.05) is 0 Å². The second-order valence-electron chi connectivity index (χ2n) is 8.32. The lowest BCUT2D eigenvalue weighted by Gasteiger charge is -2.34. The molecular formula is C21H28N6OS. The number of aromatic nitrogens is 4. The van der Waals surface area contributed by atoms with Crippen LogP contribution in [-0.2, 0) is 25.3 Å². The van der Waals surface area contributed by atoms with Crippen molar-refractivity contribution in [3.05, 3.63) is 51.5 Å². The summed E-state index contributed by atoms with van der Waals surface area (Å²) in [5.41, 5.74) is 3.48.